The average Bonchev–Trinajstić information content (AvgIpc) is 2.89. The second-order valence-corrected chi connectivity index (χ2v) is 8.89. The summed E-state index contributed by atoms with van der Waals surface area (Å²) in [5.74, 6) is 1.10. The summed E-state index contributed by atoms with van der Waals surface area (Å²) in [4.78, 5) is 14.3. The van der Waals surface area contributed by atoms with E-state index in [-0.39, 0.29) is 5.91 Å². The van der Waals surface area contributed by atoms with E-state index in [1.807, 2.05) is 43.3 Å². The number of ether oxygens (including phenoxy) is 2. The molecule has 2 aromatic carbocycles. The van der Waals surface area contributed by atoms with Gasteiger partial charge in [0.2, 0.25) is 0 Å². The number of amides is 1. The van der Waals surface area contributed by atoms with Crippen molar-refractivity contribution in [2.24, 2.45) is 0 Å². The number of hydrogen-bond donors (Lipinski definition) is 0. The Labute approximate surface area is 187 Å². The fourth-order valence-electron chi connectivity index (χ4n) is 2.51. The zero-order chi connectivity index (χ0) is 20.3. The highest BCUT2D eigenvalue weighted by atomic mass is 79.9. The lowest BCUT2D eigenvalue weighted by Crippen LogP contribution is -2.22. The maximum absolute atomic E-state index is 12.2. The van der Waals surface area contributed by atoms with E-state index in [0.717, 1.165) is 15.6 Å². The predicted octanol–water partition coefficient (Wildman–Crippen LogP) is 5.91. The minimum absolute atomic E-state index is 0.104. The van der Waals surface area contributed by atoms with Crippen LogP contribution in [0.25, 0.3) is 6.08 Å². The highest BCUT2D eigenvalue weighted by Crippen LogP contribution is 2.39. The van der Waals surface area contributed by atoms with Crippen LogP contribution >= 0.6 is 51.5 Å². The minimum Gasteiger partial charge on any atom is -0.490 e. The molecule has 1 saturated heterocycles. The van der Waals surface area contributed by atoms with Crippen molar-refractivity contribution in [1.82, 2.24) is 4.90 Å². The Hall–Kier alpha value is -1.54. The first-order chi connectivity index (χ1) is 13.4. The Bertz CT molecular complexity index is 947. The molecule has 0 aromatic heterocycles. The van der Waals surface area contributed by atoms with Gasteiger partial charge in [-0.1, -0.05) is 47.7 Å². The summed E-state index contributed by atoms with van der Waals surface area (Å²) in [7, 11) is 1.67. The SMILES string of the molecule is CCOc1cc(C=C2SC(=S)N(C)C2=O)cc(Br)c1OCc1ccc(Cl)cc1. The van der Waals surface area contributed by atoms with Gasteiger partial charge in [-0.15, -0.1) is 0 Å². The lowest BCUT2D eigenvalue weighted by atomic mass is 10.1. The molecule has 3 rings (SSSR count). The number of halogens is 2. The summed E-state index contributed by atoms with van der Waals surface area (Å²) in [6, 6.07) is 11.2. The van der Waals surface area contributed by atoms with Crippen LogP contribution in [-0.2, 0) is 11.4 Å². The molecule has 1 aliphatic rings. The molecular weight excluding hydrogens is 482 g/mol. The van der Waals surface area contributed by atoms with Gasteiger partial charge in [-0.05, 0) is 64.3 Å². The van der Waals surface area contributed by atoms with E-state index in [0.29, 0.717) is 39.0 Å². The van der Waals surface area contributed by atoms with Gasteiger partial charge in [0, 0.05) is 12.1 Å². The monoisotopic (exact) mass is 497 g/mol. The van der Waals surface area contributed by atoms with Gasteiger partial charge in [-0.3, -0.25) is 9.69 Å². The van der Waals surface area contributed by atoms with Crippen LogP contribution in [0.15, 0.2) is 45.8 Å². The third-order valence-corrected chi connectivity index (χ3v) is 6.24. The van der Waals surface area contributed by atoms with Crippen LogP contribution < -0.4 is 9.47 Å². The number of thioether (sulfide) groups is 1. The maximum atomic E-state index is 12.2. The first-order valence-corrected chi connectivity index (χ1v) is 10.8. The van der Waals surface area contributed by atoms with E-state index in [2.05, 4.69) is 15.9 Å². The first kappa shape index (κ1) is 21.2. The van der Waals surface area contributed by atoms with Crippen molar-refractivity contribution in [2.45, 2.75) is 13.5 Å². The number of thiocarbonyl (C=S) groups is 1. The van der Waals surface area contributed by atoms with Crippen LogP contribution in [-0.4, -0.2) is 28.8 Å². The molecule has 4 nitrogen and oxygen atoms in total. The Balaban J connectivity index is 1.86. The molecule has 1 fully saturated rings. The Morgan fingerprint density at radius 2 is 1.96 bits per heavy atom. The molecule has 0 atom stereocenters. The molecule has 8 heteroatoms. The lowest BCUT2D eigenvalue weighted by molar-refractivity contribution is -0.121. The predicted molar refractivity (Wildman–Crippen MR) is 122 cm³/mol. The standard InChI is InChI=1S/C20H17BrClNO3S2/c1-3-25-16-9-13(10-17-19(24)23(2)20(27)28-17)8-15(21)18(16)26-11-12-4-6-14(22)7-5-12/h4-10H,3,11H2,1-2H3. The van der Waals surface area contributed by atoms with Gasteiger partial charge in [0.05, 0.1) is 16.0 Å². The number of carbonyl (C=O) groups is 1. The second-order valence-electron chi connectivity index (χ2n) is 5.92. The van der Waals surface area contributed by atoms with E-state index in [9.17, 15) is 4.79 Å². The van der Waals surface area contributed by atoms with E-state index in [1.165, 1.54) is 16.7 Å². The summed E-state index contributed by atoms with van der Waals surface area (Å²) >= 11 is 15.9. The van der Waals surface area contributed by atoms with Crippen molar-refractivity contribution in [3.63, 3.8) is 0 Å². The van der Waals surface area contributed by atoms with E-state index >= 15 is 0 Å². The number of rotatable bonds is 6. The molecule has 0 unspecified atom stereocenters. The molecular formula is C20H17BrClNO3S2. The summed E-state index contributed by atoms with van der Waals surface area (Å²) in [5.41, 5.74) is 1.82. The molecule has 1 heterocycles. The smallest absolute Gasteiger partial charge is 0.265 e. The third kappa shape index (κ3) is 4.89. The van der Waals surface area contributed by atoms with Crippen LogP contribution in [0.3, 0.4) is 0 Å². The zero-order valence-electron chi connectivity index (χ0n) is 15.2. The van der Waals surface area contributed by atoms with Crippen LogP contribution in [0, 0.1) is 0 Å². The van der Waals surface area contributed by atoms with Gasteiger partial charge in [0.15, 0.2) is 11.5 Å². The van der Waals surface area contributed by atoms with Crippen LogP contribution in [0.5, 0.6) is 11.5 Å². The molecule has 1 aliphatic heterocycles. The molecule has 1 amide bonds. The van der Waals surface area contributed by atoms with Crippen molar-refractivity contribution in [3.05, 3.63) is 61.9 Å². The number of benzene rings is 2. The fraction of sp³-hybridized carbons (Fsp3) is 0.200. The molecule has 0 radical (unpaired) electrons. The first-order valence-electron chi connectivity index (χ1n) is 8.44. The lowest BCUT2D eigenvalue weighted by Gasteiger charge is -2.15. The average molecular weight is 499 g/mol. The van der Waals surface area contributed by atoms with Crippen LogP contribution in [0.1, 0.15) is 18.1 Å². The molecule has 0 aliphatic carbocycles. The Kier molecular flexibility index (Phi) is 7.04. The molecule has 146 valence electrons. The largest absolute Gasteiger partial charge is 0.490 e. The van der Waals surface area contributed by atoms with Crippen molar-refractivity contribution in [1.29, 1.82) is 0 Å². The molecule has 0 bridgehead atoms. The van der Waals surface area contributed by atoms with E-state index in [1.54, 1.807) is 13.1 Å². The van der Waals surface area contributed by atoms with Gasteiger partial charge >= 0.3 is 0 Å². The van der Waals surface area contributed by atoms with E-state index < -0.39 is 0 Å². The Morgan fingerprint density at radius 1 is 1.25 bits per heavy atom. The van der Waals surface area contributed by atoms with Gasteiger partial charge < -0.3 is 9.47 Å². The van der Waals surface area contributed by atoms with Crippen molar-refractivity contribution < 1.29 is 14.3 Å². The normalized spacial score (nSPS) is 15.4. The summed E-state index contributed by atoms with van der Waals surface area (Å²) < 4.78 is 13.0. The number of carbonyl (C=O) groups excluding carboxylic acids is 1. The van der Waals surface area contributed by atoms with Gasteiger partial charge in [0.25, 0.3) is 5.91 Å². The van der Waals surface area contributed by atoms with Crippen molar-refractivity contribution >= 4 is 67.8 Å². The molecule has 28 heavy (non-hydrogen) atoms. The van der Waals surface area contributed by atoms with Crippen LogP contribution in [0.2, 0.25) is 5.02 Å². The number of nitrogens with zero attached hydrogens (tertiary/aromatic N) is 1. The van der Waals surface area contributed by atoms with Crippen molar-refractivity contribution in [2.75, 3.05) is 13.7 Å². The molecule has 0 saturated carbocycles. The summed E-state index contributed by atoms with van der Waals surface area (Å²) in [6.07, 6.45) is 1.80. The van der Waals surface area contributed by atoms with Crippen molar-refractivity contribution in [3.8, 4) is 11.5 Å². The van der Waals surface area contributed by atoms with Gasteiger partial charge in [-0.2, -0.15) is 0 Å². The van der Waals surface area contributed by atoms with Gasteiger partial charge in [0.1, 0.15) is 10.9 Å². The number of likely N-dealkylation sites (N-methyl/N-ethyl adjacent to an activating group) is 1. The van der Waals surface area contributed by atoms with Gasteiger partial charge in [-0.25, -0.2) is 0 Å². The maximum Gasteiger partial charge on any atom is 0.265 e. The number of hydrogen-bond acceptors (Lipinski definition) is 5. The van der Waals surface area contributed by atoms with Crippen LogP contribution in [0.4, 0.5) is 0 Å². The fourth-order valence-corrected chi connectivity index (χ4v) is 4.39. The second kappa shape index (κ2) is 9.31. The quantitative estimate of drug-likeness (QED) is 0.366. The highest BCUT2D eigenvalue weighted by Gasteiger charge is 2.28. The molecule has 2 aromatic rings. The third-order valence-electron chi connectivity index (χ3n) is 3.91. The molecule has 0 N–H and O–H groups in total. The highest BCUT2D eigenvalue weighted by molar-refractivity contribution is 9.10. The summed E-state index contributed by atoms with van der Waals surface area (Å²) in [6.45, 7) is 2.78. The van der Waals surface area contributed by atoms with E-state index in [4.69, 9.17) is 33.3 Å². The topological polar surface area (TPSA) is 38.8 Å². The minimum atomic E-state index is -0.104. The summed E-state index contributed by atoms with van der Waals surface area (Å²) in [5, 5.41) is 0.682. The Morgan fingerprint density at radius 3 is 2.57 bits per heavy atom. The molecule has 0 spiro atoms. The zero-order valence-corrected chi connectivity index (χ0v) is 19.2.